The summed E-state index contributed by atoms with van der Waals surface area (Å²) >= 11 is 1.38. The maximum atomic E-state index is 11.1. The zero-order valence-electron chi connectivity index (χ0n) is 9.52. The van der Waals surface area contributed by atoms with E-state index in [-0.39, 0.29) is 17.8 Å². The van der Waals surface area contributed by atoms with E-state index in [1.165, 1.54) is 16.3 Å². The molecular weight excluding hydrogens is 226 g/mol. The zero-order valence-corrected chi connectivity index (χ0v) is 10.3. The topological polar surface area (TPSA) is 86.5 Å². The number of aromatic nitrogens is 3. The molecule has 16 heavy (non-hydrogen) atoms. The molecule has 0 bridgehead atoms. The normalized spacial score (nSPS) is 12.7. The van der Waals surface area contributed by atoms with E-state index in [1.807, 2.05) is 13.8 Å². The maximum Gasteiger partial charge on any atom is 0.343 e. The molecule has 1 aromatic heterocycles. The third-order valence-corrected chi connectivity index (χ3v) is 3.03. The lowest BCUT2D eigenvalue weighted by Gasteiger charge is -2.13. The van der Waals surface area contributed by atoms with Crippen molar-refractivity contribution in [1.82, 2.24) is 20.1 Å². The van der Waals surface area contributed by atoms with Gasteiger partial charge in [-0.25, -0.2) is 9.89 Å². The van der Waals surface area contributed by atoms with Crippen molar-refractivity contribution in [2.24, 2.45) is 7.05 Å². The van der Waals surface area contributed by atoms with Gasteiger partial charge in [0.15, 0.2) is 5.16 Å². The number of hydrogen-bond donors (Lipinski definition) is 2. The SMILES string of the molecule is CC(C)NC(C#N)CSc1n[nH]c(=O)n1C. The van der Waals surface area contributed by atoms with E-state index in [4.69, 9.17) is 5.26 Å². The van der Waals surface area contributed by atoms with Crippen molar-refractivity contribution in [3.8, 4) is 6.07 Å². The zero-order chi connectivity index (χ0) is 12.1. The summed E-state index contributed by atoms with van der Waals surface area (Å²) in [5, 5.41) is 18.8. The molecule has 0 spiro atoms. The van der Waals surface area contributed by atoms with Crippen molar-refractivity contribution in [1.29, 1.82) is 5.26 Å². The molecule has 0 saturated heterocycles. The molecular formula is C9H15N5OS. The summed E-state index contributed by atoms with van der Waals surface area (Å²) in [7, 11) is 1.64. The Morgan fingerprint density at radius 2 is 2.38 bits per heavy atom. The van der Waals surface area contributed by atoms with E-state index in [0.29, 0.717) is 10.9 Å². The minimum atomic E-state index is -0.243. The van der Waals surface area contributed by atoms with E-state index >= 15 is 0 Å². The molecule has 1 atom stereocenters. The standard InChI is InChI=1S/C9H15N5OS/c1-6(2)11-7(4-10)5-16-9-13-12-8(15)14(9)3/h6-7,11H,5H2,1-3H3,(H,12,15). The number of hydrogen-bond acceptors (Lipinski definition) is 5. The van der Waals surface area contributed by atoms with Crippen LogP contribution < -0.4 is 11.0 Å². The highest BCUT2D eigenvalue weighted by molar-refractivity contribution is 7.99. The number of H-pyrrole nitrogens is 1. The van der Waals surface area contributed by atoms with Gasteiger partial charge in [-0.3, -0.25) is 9.88 Å². The molecule has 88 valence electrons. The van der Waals surface area contributed by atoms with Crippen LogP contribution in [0.3, 0.4) is 0 Å². The average Bonchev–Trinajstić information content (AvgIpc) is 2.54. The van der Waals surface area contributed by atoms with E-state index in [2.05, 4.69) is 21.6 Å². The van der Waals surface area contributed by atoms with Crippen LogP contribution in [0.5, 0.6) is 0 Å². The second-order valence-corrected chi connectivity index (χ2v) is 4.67. The molecule has 1 unspecified atom stereocenters. The molecule has 0 amide bonds. The third kappa shape index (κ3) is 3.40. The Balaban J connectivity index is 2.54. The van der Waals surface area contributed by atoms with Gasteiger partial charge in [0.25, 0.3) is 0 Å². The Morgan fingerprint density at radius 3 is 2.81 bits per heavy atom. The van der Waals surface area contributed by atoms with Crippen molar-refractivity contribution >= 4 is 11.8 Å². The van der Waals surface area contributed by atoms with E-state index in [1.54, 1.807) is 7.05 Å². The number of nitrogens with zero attached hydrogens (tertiary/aromatic N) is 3. The van der Waals surface area contributed by atoms with Gasteiger partial charge in [-0.05, 0) is 13.8 Å². The second-order valence-electron chi connectivity index (χ2n) is 3.68. The summed E-state index contributed by atoms with van der Waals surface area (Å²) in [6.45, 7) is 3.97. The lowest BCUT2D eigenvalue weighted by atomic mass is 10.3. The molecule has 6 nitrogen and oxygen atoms in total. The molecule has 0 aliphatic heterocycles. The van der Waals surface area contributed by atoms with Crippen molar-refractivity contribution < 1.29 is 0 Å². The smallest absolute Gasteiger partial charge is 0.299 e. The molecule has 0 fully saturated rings. The Labute approximate surface area is 98.0 Å². The van der Waals surface area contributed by atoms with E-state index < -0.39 is 0 Å². The van der Waals surface area contributed by atoms with Gasteiger partial charge in [-0.2, -0.15) is 5.26 Å². The monoisotopic (exact) mass is 241 g/mol. The lowest BCUT2D eigenvalue weighted by molar-refractivity contribution is 0.560. The summed E-state index contributed by atoms with van der Waals surface area (Å²) < 4.78 is 1.43. The molecule has 2 N–H and O–H groups in total. The summed E-state index contributed by atoms with van der Waals surface area (Å²) in [5.41, 5.74) is -0.243. The first-order valence-corrected chi connectivity index (χ1v) is 5.93. The van der Waals surface area contributed by atoms with Crippen LogP contribution in [0.15, 0.2) is 9.95 Å². The van der Waals surface area contributed by atoms with Crippen molar-refractivity contribution in [2.75, 3.05) is 5.75 Å². The summed E-state index contributed by atoms with van der Waals surface area (Å²) in [4.78, 5) is 11.1. The fraction of sp³-hybridized carbons (Fsp3) is 0.667. The fourth-order valence-corrected chi connectivity index (χ4v) is 2.02. The van der Waals surface area contributed by atoms with Crippen LogP contribution in [0.25, 0.3) is 0 Å². The third-order valence-electron chi connectivity index (χ3n) is 1.91. The number of rotatable bonds is 5. The highest BCUT2D eigenvalue weighted by atomic mass is 32.2. The van der Waals surface area contributed by atoms with Gasteiger partial charge in [-0.15, -0.1) is 5.10 Å². The Bertz CT molecular complexity index is 430. The van der Waals surface area contributed by atoms with Crippen LogP contribution in [0.4, 0.5) is 0 Å². The first kappa shape index (κ1) is 12.8. The van der Waals surface area contributed by atoms with Gasteiger partial charge in [-0.1, -0.05) is 11.8 Å². The second kappa shape index (κ2) is 5.72. The molecule has 0 radical (unpaired) electrons. The largest absolute Gasteiger partial charge is 0.343 e. The predicted octanol–water partition coefficient (Wildman–Crippen LogP) is 0.0907. The highest BCUT2D eigenvalue weighted by Gasteiger charge is 2.11. The minimum Gasteiger partial charge on any atom is -0.299 e. The molecule has 0 saturated carbocycles. The van der Waals surface area contributed by atoms with Crippen molar-refractivity contribution in [2.45, 2.75) is 31.1 Å². The Morgan fingerprint density at radius 1 is 1.69 bits per heavy atom. The number of thioether (sulfide) groups is 1. The summed E-state index contributed by atoms with van der Waals surface area (Å²) in [5.74, 6) is 0.562. The van der Waals surface area contributed by atoms with Gasteiger partial charge >= 0.3 is 5.69 Å². The van der Waals surface area contributed by atoms with Crippen LogP contribution >= 0.6 is 11.8 Å². The van der Waals surface area contributed by atoms with Crippen LogP contribution in [-0.4, -0.2) is 32.6 Å². The molecule has 1 heterocycles. The maximum absolute atomic E-state index is 11.1. The number of nitrogens with one attached hydrogen (secondary N) is 2. The average molecular weight is 241 g/mol. The molecule has 7 heteroatoms. The molecule has 0 aromatic carbocycles. The van der Waals surface area contributed by atoms with Crippen molar-refractivity contribution in [3.05, 3.63) is 10.5 Å². The Kier molecular flexibility index (Phi) is 4.58. The van der Waals surface area contributed by atoms with Gasteiger partial charge < -0.3 is 0 Å². The molecule has 0 aliphatic carbocycles. The summed E-state index contributed by atoms with van der Waals surface area (Å²) in [6, 6.07) is 2.19. The fourth-order valence-electron chi connectivity index (χ4n) is 1.14. The first-order chi connectivity index (χ1) is 7.54. The first-order valence-electron chi connectivity index (χ1n) is 4.94. The summed E-state index contributed by atoms with van der Waals surface area (Å²) in [6.07, 6.45) is 0. The van der Waals surface area contributed by atoms with Gasteiger partial charge in [0.1, 0.15) is 6.04 Å². The van der Waals surface area contributed by atoms with Gasteiger partial charge in [0.05, 0.1) is 6.07 Å². The van der Waals surface area contributed by atoms with Crippen molar-refractivity contribution in [3.63, 3.8) is 0 Å². The van der Waals surface area contributed by atoms with Crippen LogP contribution in [0.2, 0.25) is 0 Å². The lowest BCUT2D eigenvalue weighted by Crippen LogP contribution is -2.35. The Hall–Kier alpha value is -1.26. The molecule has 1 rings (SSSR count). The number of nitriles is 1. The van der Waals surface area contributed by atoms with E-state index in [9.17, 15) is 4.79 Å². The number of aromatic amines is 1. The van der Waals surface area contributed by atoms with Gasteiger partial charge in [0.2, 0.25) is 0 Å². The quantitative estimate of drug-likeness (QED) is 0.713. The molecule has 0 aliphatic rings. The van der Waals surface area contributed by atoms with E-state index in [0.717, 1.165) is 0 Å². The minimum absolute atomic E-state index is 0.239. The van der Waals surface area contributed by atoms with Crippen LogP contribution in [0, 0.1) is 11.3 Å². The van der Waals surface area contributed by atoms with Gasteiger partial charge in [0, 0.05) is 18.8 Å². The predicted molar refractivity (Wildman–Crippen MR) is 62.2 cm³/mol. The van der Waals surface area contributed by atoms with Crippen LogP contribution in [0.1, 0.15) is 13.8 Å². The highest BCUT2D eigenvalue weighted by Crippen LogP contribution is 2.13. The molecule has 1 aromatic rings. The van der Waals surface area contributed by atoms with Crippen LogP contribution in [-0.2, 0) is 7.05 Å².